The molecule has 0 fully saturated rings. The van der Waals surface area contributed by atoms with Crippen molar-refractivity contribution in [2.45, 2.75) is 39.3 Å². The number of carbonyl (C=O) groups is 1. The van der Waals surface area contributed by atoms with Crippen molar-refractivity contribution in [1.29, 1.82) is 0 Å². The largest absolute Gasteiger partial charge is 0.480 e. The Morgan fingerprint density at radius 1 is 1.29 bits per heavy atom. The van der Waals surface area contributed by atoms with Crippen molar-refractivity contribution in [1.82, 2.24) is 9.55 Å². The van der Waals surface area contributed by atoms with Crippen LogP contribution < -0.4 is 10.9 Å². The summed E-state index contributed by atoms with van der Waals surface area (Å²) in [4.78, 5) is 28.1. The minimum Gasteiger partial charge on any atom is -0.480 e. The van der Waals surface area contributed by atoms with Gasteiger partial charge in [0.15, 0.2) is 11.0 Å². The van der Waals surface area contributed by atoms with Crippen LogP contribution in [-0.4, -0.2) is 26.7 Å². The fourth-order valence-electron chi connectivity index (χ4n) is 2.48. The highest BCUT2D eigenvalue weighted by Crippen LogP contribution is 2.26. The van der Waals surface area contributed by atoms with E-state index >= 15 is 0 Å². The van der Waals surface area contributed by atoms with Gasteiger partial charge in [-0.15, -0.1) is 0 Å². The lowest BCUT2D eigenvalue weighted by Crippen LogP contribution is -2.32. The summed E-state index contributed by atoms with van der Waals surface area (Å²) >= 11 is 6.29. The summed E-state index contributed by atoms with van der Waals surface area (Å²) in [5.74, 6) is -1.04. The van der Waals surface area contributed by atoms with Gasteiger partial charge in [0.1, 0.15) is 6.54 Å². The molecule has 0 saturated heterocycles. The average molecular weight is 350 g/mol. The number of benzene rings is 1. The van der Waals surface area contributed by atoms with Crippen molar-refractivity contribution >= 4 is 23.4 Å². The van der Waals surface area contributed by atoms with Gasteiger partial charge in [-0.05, 0) is 12.8 Å². The first-order chi connectivity index (χ1) is 11.5. The van der Waals surface area contributed by atoms with Gasteiger partial charge < -0.3 is 10.4 Å². The zero-order valence-corrected chi connectivity index (χ0v) is 14.4. The maximum Gasteiger partial charge on any atom is 0.323 e. The Morgan fingerprint density at radius 3 is 2.46 bits per heavy atom. The topological polar surface area (TPSA) is 84.2 Å². The number of aromatic nitrogens is 2. The number of aliphatic carboxylic acids is 1. The number of carboxylic acid groups (broad SMARTS) is 1. The van der Waals surface area contributed by atoms with Crippen molar-refractivity contribution in [3.05, 3.63) is 45.8 Å². The van der Waals surface area contributed by atoms with Gasteiger partial charge in [0.25, 0.3) is 5.56 Å². The van der Waals surface area contributed by atoms with Gasteiger partial charge in [0.2, 0.25) is 0 Å². The third-order valence-corrected chi connectivity index (χ3v) is 4.05. The fraction of sp³-hybridized carbons (Fsp3) is 0.353. The molecule has 0 radical (unpaired) electrons. The monoisotopic (exact) mass is 349 g/mol. The summed E-state index contributed by atoms with van der Waals surface area (Å²) in [6, 6.07) is 8.99. The Bertz CT molecular complexity index is 771. The molecule has 1 aromatic carbocycles. The molecule has 0 aliphatic rings. The Labute approximate surface area is 145 Å². The first kappa shape index (κ1) is 18.0. The molecule has 2 N–H and O–H groups in total. The van der Waals surface area contributed by atoms with Gasteiger partial charge in [-0.1, -0.05) is 55.8 Å². The molecule has 1 aromatic heterocycles. The zero-order valence-electron chi connectivity index (χ0n) is 13.6. The van der Waals surface area contributed by atoms with E-state index in [4.69, 9.17) is 11.6 Å². The average Bonchev–Trinajstić information content (AvgIpc) is 2.57. The van der Waals surface area contributed by atoms with E-state index in [0.717, 1.165) is 17.4 Å². The molecule has 0 saturated carbocycles. The normalized spacial score (nSPS) is 10.8. The Balaban J connectivity index is 2.62. The summed E-state index contributed by atoms with van der Waals surface area (Å²) in [5, 5.41) is 12.3. The van der Waals surface area contributed by atoms with Crippen molar-refractivity contribution in [3.63, 3.8) is 0 Å². The summed E-state index contributed by atoms with van der Waals surface area (Å²) in [6.45, 7) is 3.51. The molecule has 2 aromatic rings. The molecule has 0 aliphatic heterocycles. The van der Waals surface area contributed by atoms with Crippen LogP contribution in [0, 0.1) is 0 Å². The van der Waals surface area contributed by atoms with Crippen LogP contribution in [-0.2, 0) is 11.3 Å². The molecule has 6 nitrogen and oxygen atoms in total. The highest BCUT2D eigenvalue weighted by molar-refractivity contribution is 6.32. The van der Waals surface area contributed by atoms with E-state index in [2.05, 4.69) is 10.3 Å². The third kappa shape index (κ3) is 3.94. The lowest BCUT2D eigenvalue weighted by Gasteiger charge is -2.18. The van der Waals surface area contributed by atoms with Crippen LogP contribution in [0.15, 0.2) is 35.1 Å². The van der Waals surface area contributed by atoms with E-state index in [9.17, 15) is 14.7 Å². The Hall–Kier alpha value is -2.34. The number of nitrogens with one attached hydrogen (secondary N) is 1. The van der Waals surface area contributed by atoms with E-state index < -0.39 is 18.1 Å². The summed E-state index contributed by atoms with van der Waals surface area (Å²) in [5.41, 5.74) is 0.453. The van der Waals surface area contributed by atoms with Gasteiger partial charge in [-0.25, -0.2) is 4.98 Å². The van der Waals surface area contributed by atoms with Gasteiger partial charge in [0, 0.05) is 11.6 Å². The molecule has 7 heteroatoms. The third-order valence-electron chi connectivity index (χ3n) is 3.79. The summed E-state index contributed by atoms with van der Waals surface area (Å²) < 4.78 is 1.15. The predicted octanol–water partition coefficient (Wildman–Crippen LogP) is 3.25. The summed E-state index contributed by atoms with van der Waals surface area (Å²) in [7, 11) is 0. The lowest BCUT2D eigenvalue weighted by molar-refractivity contribution is -0.137. The molecule has 0 spiro atoms. The van der Waals surface area contributed by atoms with Gasteiger partial charge in [0.05, 0.1) is 5.69 Å². The molecule has 0 bridgehead atoms. The molecule has 0 amide bonds. The lowest BCUT2D eigenvalue weighted by atomic mass is 10.1. The molecular formula is C17H20ClN3O3. The molecule has 1 heterocycles. The number of halogens is 1. The predicted molar refractivity (Wildman–Crippen MR) is 94.6 cm³/mol. The Morgan fingerprint density at radius 2 is 1.92 bits per heavy atom. The van der Waals surface area contributed by atoms with Crippen LogP contribution in [0.25, 0.3) is 11.3 Å². The van der Waals surface area contributed by atoms with E-state index in [1.807, 2.05) is 19.9 Å². The molecule has 128 valence electrons. The van der Waals surface area contributed by atoms with Crippen LogP contribution in [0.2, 0.25) is 5.15 Å². The maximum absolute atomic E-state index is 12.7. The van der Waals surface area contributed by atoms with E-state index in [1.54, 1.807) is 24.3 Å². The van der Waals surface area contributed by atoms with Crippen LogP contribution in [0.5, 0.6) is 0 Å². The number of carboxylic acids is 1. The fourth-order valence-corrected chi connectivity index (χ4v) is 2.77. The van der Waals surface area contributed by atoms with E-state index in [1.165, 1.54) is 0 Å². The Kier molecular flexibility index (Phi) is 5.98. The van der Waals surface area contributed by atoms with Crippen molar-refractivity contribution in [3.8, 4) is 11.3 Å². The first-order valence-electron chi connectivity index (χ1n) is 7.82. The molecule has 0 atom stereocenters. The SMILES string of the molecule is CCC(CC)Nc1nc(Cl)c(-c2ccccc2)n(CC(=O)O)c1=O. The number of nitrogens with zero attached hydrogens (tertiary/aromatic N) is 2. The molecule has 24 heavy (non-hydrogen) atoms. The van der Waals surface area contributed by atoms with Crippen molar-refractivity contribution < 1.29 is 9.90 Å². The summed E-state index contributed by atoms with van der Waals surface area (Å²) in [6.07, 6.45) is 1.63. The quantitative estimate of drug-likeness (QED) is 0.801. The standard InChI is InChI=1S/C17H20ClN3O3/c1-3-12(4-2)19-16-17(24)21(10-13(22)23)14(15(18)20-16)11-8-6-5-7-9-11/h5-9,12H,3-4,10H2,1-2H3,(H,19,20)(H,22,23). The van der Waals surface area contributed by atoms with Crippen LogP contribution in [0.1, 0.15) is 26.7 Å². The van der Waals surface area contributed by atoms with Crippen LogP contribution in [0.4, 0.5) is 5.82 Å². The molecule has 0 aliphatic carbocycles. The van der Waals surface area contributed by atoms with Gasteiger partial charge in [-0.2, -0.15) is 0 Å². The first-order valence-corrected chi connectivity index (χ1v) is 8.19. The highest BCUT2D eigenvalue weighted by Gasteiger charge is 2.19. The number of rotatable bonds is 7. The zero-order chi connectivity index (χ0) is 17.7. The second-order valence-corrected chi connectivity index (χ2v) is 5.77. The second-order valence-electron chi connectivity index (χ2n) is 5.41. The minimum absolute atomic E-state index is 0.0714. The van der Waals surface area contributed by atoms with Crippen LogP contribution in [0.3, 0.4) is 0 Å². The second kappa shape index (κ2) is 7.97. The molecular weight excluding hydrogens is 330 g/mol. The molecule has 2 rings (SSSR count). The van der Waals surface area contributed by atoms with Crippen molar-refractivity contribution in [2.75, 3.05) is 5.32 Å². The minimum atomic E-state index is -1.12. The molecule has 0 unspecified atom stereocenters. The number of anilines is 1. The highest BCUT2D eigenvalue weighted by atomic mass is 35.5. The van der Waals surface area contributed by atoms with Gasteiger partial charge >= 0.3 is 5.97 Å². The number of hydrogen-bond acceptors (Lipinski definition) is 4. The van der Waals surface area contributed by atoms with E-state index in [-0.39, 0.29) is 17.0 Å². The van der Waals surface area contributed by atoms with E-state index in [0.29, 0.717) is 11.3 Å². The number of hydrogen-bond donors (Lipinski definition) is 2. The maximum atomic E-state index is 12.7. The smallest absolute Gasteiger partial charge is 0.323 e. The van der Waals surface area contributed by atoms with Crippen molar-refractivity contribution in [2.24, 2.45) is 0 Å². The van der Waals surface area contributed by atoms with Crippen LogP contribution >= 0.6 is 11.6 Å². The van der Waals surface area contributed by atoms with Gasteiger partial charge in [-0.3, -0.25) is 14.2 Å².